The molecule has 86 valence electrons. The first kappa shape index (κ1) is 12.5. The summed E-state index contributed by atoms with van der Waals surface area (Å²) in [7, 11) is 0. The molecule has 0 saturated heterocycles. The van der Waals surface area contributed by atoms with Gasteiger partial charge in [-0.15, -0.1) is 0 Å². The highest BCUT2D eigenvalue weighted by molar-refractivity contribution is 9.10. The van der Waals surface area contributed by atoms with Crippen LogP contribution in [0.2, 0.25) is 0 Å². The summed E-state index contributed by atoms with van der Waals surface area (Å²) in [5, 5.41) is 2.46. The second-order valence-corrected chi connectivity index (χ2v) is 4.19. The number of nitrogen functional groups attached to an aromatic ring is 1. The SMILES string of the molecule is CC(NC(=O)c1cc(N)ccc1Br)C(N)=O. The molecular weight excluding hydrogens is 274 g/mol. The standard InChI is InChI=1S/C10H12BrN3O2/c1-5(9(13)15)14-10(16)7-4-6(12)2-3-8(7)11/h2-5H,12H2,1H3,(H2,13,15)(H,14,16). The maximum absolute atomic E-state index is 11.7. The van der Waals surface area contributed by atoms with Crippen molar-refractivity contribution in [1.82, 2.24) is 5.32 Å². The molecule has 6 heteroatoms. The van der Waals surface area contributed by atoms with Crippen molar-refractivity contribution in [3.63, 3.8) is 0 Å². The summed E-state index contributed by atoms with van der Waals surface area (Å²) in [6.45, 7) is 1.51. The zero-order valence-corrected chi connectivity index (χ0v) is 10.2. The molecule has 0 heterocycles. The van der Waals surface area contributed by atoms with E-state index in [1.54, 1.807) is 12.1 Å². The van der Waals surface area contributed by atoms with Crippen LogP contribution in [0.15, 0.2) is 22.7 Å². The lowest BCUT2D eigenvalue weighted by atomic mass is 10.2. The number of carbonyl (C=O) groups is 2. The van der Waals surface area contributed by atoms with Crippen molar-refractivity contribution in [3.8, 4) is 0 Å². The third-order valence-corrected chi connectivity index (χ3v) is 2.70. The van der Waals surface area contributed by atoms with Crippen LogP contribution in [0.3, 0.4) is 0 Å². The van der Waals surface area contributed by atoms with Crippen LogP contribution in [0, 0.1) is 0 Å². The van der Waals surface area contributed by atoms with E-state index in [1.807, 2.05) is 0 Å². The number of rotatable bonds is 3. The Morgan fingerprint density at radius 1 is 1.44 bits per heavy atom. The number of primary amides is 1. The molecule has 0 saturated carbocycles. The maximum Gasteiger partial charge on any atom is 0.253 e. The van der Waals surface area contributed by atoms with Gasteiger partial charge in [-0.3, -0.25) is 9.59 Å². The molecule has 16 heavy (non-hydrogen) atoms. The summed E-state index contributed by atoms with van der Waals surface area (Å²) in [6.07, 6.45) is 0. The normalized spacial score (nSPS) is 11.9. The molecule has 1 rings (SSSR count). The summed E-state index contributed by atoms with van der Waals surface area (Å²) >= 11 is 3.23. The van der Waals surface area contributed by atoms with E-state index in [0.29, 0.717) is 15.7 Å². The summed E-state index contributed by atoms with van der Waals surface area (Å²) in [4.78, 5) is 22.5. The average molecular weight is 286 g/mol. The first-order valence-corrected chi connectivity index (χ1v) is 5.36. The third kappa shape index (κ3) is 2.96. The Morgan fingerprint density at radius 2 is 2.06 bits per heavy atom. The van der Waals surface area contributed by atoms with Crippen LogP contribution in [-0.4, -0.2) is 17.9 Å². The van der Waals surface area contributed by atoms with E-state index >= 15 is 0 Å². The Labute approximate surface area is 101 Å². The minimum absolute atomic E-state index is 0.369. The minimum Gasteiger partial charge on any atom is -0.399 e. The van der Waals surface area contributed by atoms with Gasteiger partial charge in [0.15, 0.2) is 0 Å². The number of hydrogen-bond acceptors (Lipinski definition) is 3. The molecule has 0 radical (unpaired) electrons. The zero-order valence-electron chi connectivity index (χ0n) is 8.66. The largest absolute Gasteiger partial charge is 0.399 e. The zero-order chi connectivity index (χ0) is 12.3. The predicted octanol–water partition coefficient (Wildman–Crippen LogP) is 0.635. The highest BCUT2D eigenvalue weighted by Crippen LogP contribution is 2.19. The van der Waals surface area contributed by atoms with E-state index < -0.39 is 17.9 Å². The average Bonchev–Trinajstić information content (AvgIpc) is 2.21. The number of anilines is 1. The summed E-state index contributed by atoms with van der Waals surface area (Å²) in [6, 6.07) is 4.13. The van der Waals surface area contributed by atoms with Gasteiger partial charge in [-0.2, -0.15) is 0 Å². The van der Waals surface area contributed by atoms with Crippen LogP contribution in [0.25, 0.3) is 0 Å². The van der Waals surface area contributed by atoms with Crippen molar-refractivity contribution in [1.29, 1.82) is 0 Å². The van der Waals surface area contributed by atoms with Crippen molar-refractivity contribution in [2.75, 3.05) is 5.73 Å². The number of amides is 2. The van der Waals surface area contributed by atoms with Gasteiger partial charge < -0.3 is 16.8 Å². The number of hydrogen-bond donors (Lipinski definition) is 3. The third-order valence-electron chi connectivity index (χ3n) is 2.01. The smallest absolute Gasteiger partial charge is 0.253 e. The lowest BCUT2D eigenvalue weighted by Gasteiger charge is -2.11. The minimum atomic E-state index is -0.721. The Balaban J connectivity index is 2.88. The Kier molecular flexibility index (Phi) is 3.89. The van der Waals surface area contributed by atoms with Crippen LogP contribution in [0.5, 0.6) is 0 Å². The topological polar surface area (TPSA) is 98.2 Å². The monoisotopic (exact) mass is 285 g/mol. The quantitative estimate of drug-likeness (QED) is 0.711. The summed E-state index contributed by atoms with van der Waals surface area (Å²) in [5.41, 5.74) is 11.4. The molecule has 0 aliphatic rings. The molecule has 1 atom stereocenters. The van der Waals surface area contributed by atoms with E-state index in [4.69, 9.17) is 11.5 Å². The van der Waals surface area contributed by atoms with Crippen molar-refractivity contribution in [3.05, 3.63) is 28.2 Å². The predicted molar refractivity (Wildman–Crippen MR) is 64.7 cm³/mol. The van der Waals surface area contributed by atoms with E-state index in [0.717, 1.165) is 0 Å². The number of nitrogens with two attached hydrogens (primary N) is 2. The molecule has 0 aliphatic heterocycles. The molecule has 0 spiro atoms. The van der Waals surface area contributed by atoms with Crippen LogP contribution < -0.4 is 16.8 Å². The number of nitrogens with one attached hydrogen (secondary N) is 1. The number of halogens is 1. The lowest BCUT2D eigenvalue weighted by molar-refractivity contribution is -0.119. The van der Waals surface area contributed by atoms with Crippen LogP contribution in [0.1, 0.15) is 17.3 Å². The van der Waals surface area contributed by atoms with E-state index in [2.05, 4.69) is 21.2 Å². The van der Waals surface area contributed by atoms with Gasteiger partial charge in [0, 0.05) is 10.2 Å². The molecule has 1 unspecified atom stereocenters. The Bertz CT molecular complexity index is 434. The number of benzene rings is 1. The van der Waals surface area contributed by atoms with E-state index in [-0.39, 0.29) is 0 Å². The highest BCUT2D eigenvalue weighted by Gasteiger charge is 2.15. The second-order valence-electron chi connectivity index (χ2n) is 3.34. The Hall–Kier alpha value is -1.56. The summed E-state index contributed by atoms with van der Waals surface area (Å²) < 4.78 is 0.607. The fourth-order valence-electron chi connectivity index (χ4n) is 1.06. The molecule has 5 N–H and O–H groups in total. The number of carbonyl (C=O) groups excluding carboxylic acids is 2. The summed E-state index contributed by atoms with van der Waals surface area (Å²) in [5.74, 6) is -0.987. The van der Waals surface area contributed by atoms with Gasteiger partial charge in [-0.05, 0) is 41.1 Å². The molecule has 1 aromatic carbocycles. The first-order valence-electron chi connectivity index (χ1n) is 4.57. The second kappa shape index (κ2) is 4.98. The van der Waals surface area contributed by atoms with Crippen LogP contribution in [-0.2, 0) is 4.79 Å². The van der Waals surface area contributed by atoms with Gasteiger partial charge in [0.05, 0.1) is 5.56 Å². The fraction of sp³-hybridized carbons (Fsp3) is 0.200. The Morgan fingerprint density at radius 3 is 2.62 bits per heavy atom. The van der Waals surface area contributed by atoms with E-state index in [1.165, 1.54) is 13.0 Å². The maximum atomic E-state index is 11.7. The molecule has 2 amide bonds. The van der Waals surface area contributed by atoms with Gasteiger partial charge in [-0.1, -0.05) is 0 Å². The van der Waals surface area contributed by atoms with Gasteiger partial charge >= 0.3 is 0 Å². The molecule has 0 bridgehead atoms. The van der Waals surface area contributed by atoms with Gasteiger partial charge in [-0.25, -0.2) is 0 Å². The molecule has 0 aromatic heterocycles. The molecule has 0 aliphatic carbocycles. The van der Waals surface area contributed by atoms with Crippen molar-refractivity contribution in [2.45, 2.75) is 13.0 Å². The highest BCUT2D eigenvalue weighted by atomic mass is 79.9. The molecular formula is C10H12BrN3O2. The van der Waals surface area contributed by atoms with Gasteiger partial charge in [0.25, 0.3) is 5.91 Å². The lowest BCUT2D eigenvalue weighted by Crippen LogP contribution is -2.42. The van der Waals surface area contributed by atoms with Crippen LogP contribution in [0.4, 0.5) is 5.69 Å². The molecule has 0 fully saturated rings. The van der Waals surface area contributed by atoms with Crippen molar-refractivity contribution >= 4 is 33.4 Å². The van der Waals surface area contributed by atoms with Gasteiger partial charge in [0.2, 0.25) is 5.91 Å². The first-order chi connectivity index (χ1) is 7.41. The molecule has 5 nitrogen and oxygen atoms in total. The molecule has 1 aromatic rings. The van der Waals surface area contributed by atoms with Gasteiger partial charge in [0.1, 0.15) is 6.04 Å². The van der Waals surface area contributed by atoms with Crippen molar-refractivity contribution in [2.24, 2.45) is 5.73 Å². The fourth-order valence-corrected chi connectivity index (χ4v) is 1.49. The van der Waals surface area contributed by atoms with Crippen molar-refractivity contribution < 1.29 is 9.59 Å². The van der Waals surface area contributed by atoms with E-state index in [9.17, 15) is 9.59 Å². The van der Waals surface area contributed by atoms with Crippen LogP contribution >= 0.6 is 15.9 Å².